The fourth-order valence-corrected chi connectivity index (χ4v) is 11.9. The molecule has 19 unspecified atom stereocenters. The molecule has 0 bridgehead atoms. The van der Waals surface area contributed by atoms with Crippen LogP contribution in [0.5, 0.6) is 0 Å². The van der Waals surface area contributed by atoms with Crippen molar-refractivity contribution >= 4 is 267 Å². The lowest BCUT2D eigenvalue weighted by molar-refractivity contribution is 0.325. The summed E-state index contributed by atoms with van der Waals surface area (Å²) in [6.45, 7) is 5.76. The summed E-state index contributed by atoms with van der Waals surface area (Å²) in [5, 5.41) is -8.34. The first kappa shape index (κ1) is 66.4. The van der Waals surface area contributed by atoms with Crippen molar-refractivity contribution in [1.82, 2.24) is 0 Å². The van der Waals surface area contributed by atoms with Crippen LogP contribution in [0, 0.1) is 23.7 Å². The zero-order valence-electron chi connectivity index (χ0n) is 32.0. The van der Waals surface area contributed by atoms with Gasteiger partial charge in [0.05, 0.1) is 53.8 Å². The third-order valence-corrected chi connectivity index (χ3v) is 21.3. The topological polar surface area (TPSA) is 0 Å². The van der Waals surface area contributed by atoms with Gasteiger partial charge in [0.1, 0.15) is 19.3 Å². The standard InChI is InChI=1S/C37H51Cl23/c1-3-16(5-30(49)34(53)54)4-21(40)18(9-25(44)28(47)13-32(51)36(57)58)8-24(43)27(46)12-23(42)17(6-20(39)15(2)38)7-22(41)19(11-31(50)35(55)56)10-26(45)29(48)14-33(52)37(59)60/h3,15-37H,1,4-14H2,2H3. The number of alkyl halides is 23. The van der Waals surface area contributed by atoms with Gasteiger partial charge in [0.2, 0.25) is 0 Å². The van der Waals surface area contributed by atoms with Gasteiger partial charge < -0.3 is 0 Å². The second-order valence-corrected chi connectivity index (χ2v) is 28.3. The molecule has 0 aromatic rings. The maximum atomic E-state index is 7.24. The number of allylic oxidation sites excluding steroid dienone is 1. The second kappa shape index (κ2) is 35.5. The predicted molar refractivity (Wildman–Crippen MR) is 287 cm³/mol. The molecular formula is C37H51Cl23. The molecule has 0 aliphatic carbocycles. The Balaban J connectivity index is 6.39. The Morgan fingerprint density at radius 2 is 0.467 bits per heavy atom. The Morgan fingerprint density at radius 1 is 0.267 bits per heavy atom. The Hall–Kier alpha value is 6.41. The molecule has 360 valence electrons. The predicted octanol–water partition coefficient (Wildman–Crippen LogP) is 20.3. The van der Waals surface area contributed by atoms with Gasteiger partial charge in [0.25, 0.3) is 0 Å². The highest BCUT2D eigenvalue weighted by Crippen LogP contribution is 2.41. The molecule has 0 nitrogen and oxygen atoms in total. The summed E-state index contributed by atoms with van der Waals surface area (Å²) >= 11 is 150. The van der Waals surface area contributed by atoms with Crippen LogP contribution < -0.4 is 0 Å². The van der Waals surface area contributed by atoms with Gasteiger partial charge in [-0.15, -0.1) is 273 Å². The first-order valence-corrected chi connectivity index (χ1v) is 29.0. The molecule has 0 aliphatic rings. The monoisotopic (exact) mass is 1300 g/mol. The maximum Gasteiger partial charge on any atom is 0.124 e. The SMILES string of the molecule is C=CC(CC(Cl)C(Cl)Cl)CC(Cl)C(CC(Cl)C(Cl)CC(Cl)C(Cl)Cl)CC(Cl)C(Cl)CC(Cl)C(CC(Cl)C(C)Cl)CC(Cl)C(CC(Cl)C(Cl)Cl)CC(Cl)C(Cl)CC(Cl)C(Cl)Cl. The van der Waals surface area contributed by atoms with Crippen molar-refractivity contribution in [2.24, 2.45) is 23.7 Å². The molecule has 0 radical (unpaired) electrons. The van der Waals surface area contributed by atoms with E-state index >= 15 is 0 Å². The molecule has 0 heterocycles. The lowest BCUT2D eigenvalue weighted by Gasteiger charge is -2.34. The van der Waals surface area contributed by atoms with Gasteiger partial charge in [-0.3, -0.25) is 0 Å². The summed E-state index contributed by atoms with van der Waals surface area (Å²) in [6, 6.07) is 0. The molecular weight excluding hydrogens is 1260 g/mol. The fourth-order valence-electron chi connectivity index (χ4n) is 6.48. The van der Waals surface area contributed by atoms with Crippen molar-refractivity contribution in [3.63, 3.8) is 0 Å². The lowest BCUT2D eigenvalue weighted by atomic mass is 9.83. The van der Waals surface area contributed by atoms with E-state index in [0.717, 1.165) is 0 Å². The normalized spacial score (nSPS) is 22.5. The smallest absolute Gasteiger partial charge is 0.123 e. The van der Waals surface area contributed by atoms with Gasteiger partial charge in [0, 0.05) is 26.9 Å². The van der Waals surface area contributed by atoms with Gasteiger partial charge in [-0.25, -0.2) is 0 Å². The first-order chi connectivity index (χ1) is 27.6. The summed E-state index contributed by atoms with van der Waals surface area (Å²) in [6.07, 6.45) is 5.64. The minimum Gasteiger partial charge on any atom is -0.123 e. The molecule has 0 fully saturated rings. The van der Waals surface area contributed by atoms with Crippen LogP contribution in [-0.2, 0) is 0 Å². The second-order valence-electron chi connectivity index (χ2n) is 15.1. The summed E-state index contributed by atoms with van der Waals surface area (Å²) in [5.74, 6) is -1.000. The summed E-state index contributed by atoms with van der Waals surface area (Å²) < 4.78 is 0. The largest absolute Gasteiger partial charge is 0.124 e. The lowest BCUT2D eigenvalue weighted by Crippen LogP contribution is -2.34. The van der Waals surface area contributed by atoms with E-state index in [1.165, 1.54) is 0 Å². The van der Waals surface area contributed by atoms with E-state index < -0.39 is 94.6 Å². The molecule has 0 aromatic carbocycles. The zero-order valence-corrected chi connectivity index (χ0v) is 49.4. The summed E-state index contributed by atoms with van der Waals surface area (Å²) in [4.78, 5) is -3.32. The highest BCUT2D eigenvalue weighted by atomic mass is 35.6. The molecule has 23 heteroatoms. The third-order valence-electron chi connectivity index (χ3n) is 10.2. The Bertz CT molecular complexity index is 1100. The van der Waals surface area contributed by atoms with E-state index in [0.29, 0.717) is 51.4 Å². The molecule has 0 N–H and O–H groups in total. The zero-order chi connectivity index (χ0) is 46.8. The van der Waals surface area contributed by atoms with Gasteiger partial charge in [-0.05, 0) is 101 Å². The van der Waals surface area contributed by atoms with Crippen molar-refractivity contribution in [2.75, 3.05) is 0 Å². The average molecular weight is 1310 g/mol. The highest BCUT2D eigenvalue weighted by Gasteiger charge is 2.38. The van der Waals surface area contributed by atoms with Gasteiger partial charge in [-0.2, -0.15) is 0 Å². The van der Waals surface area contributed by atoms with E-state index in [-0.39, 0.29) is 48.3 Å². The molecule has 0 aromatic heterocycles. The van der Waals surface area contributed by atoms with Crippen LogP contribution in [0.4, 0.5) is 0 Å². The summed E-state index contributed by atoms with van der Waals surface area (Å²) in [5.41, 5.74) is 0. The van der Waals surface area contributed by atoms with Crippen molar-refractivity contribution in [3.8, 4) is 0 Å². The average Bonchev–Trinajstić information content (AvgIpc) is 3.15. The van der Waals surface area contributed by atoms with E-state index in [4.69, 9.17) is 267 Å². The molecule has 0 saturated heterocycles. The van der Waals surface area contributed by atoms with E-state index in [9.17, 15) is 0 Å². The first-order valence-electron chi connectivity index (χ1n) is 19.0. The van der Waals surface area contributed by atoms with Crippen LogP contribution in [-0.4, -0.2) is 100 Å². The maximum absolute atomic E-state index is 7.24. The van der Waals surface area contributed by atoms with Crippen LogP contribution in [0.1, 0.15) is 77.6 Å². The van der Waals surface area contributed by atoms with Gasteiger partial charge in [0.15, 0.2) is 0 Å². The van der Waals surface area contributed by atoms with Crippen LogP contribution in [0.3, 0.4) is 0 Å². The van der Waals surface area contributed by atoms with Crippen molar-refractivity contribution in [1.29, 1.82) is 0 Å². The van der Waals surface area contributed by atoms with Crippen LogP contribution in [0.2, 0.25) is 0 Å². The van der Waals surface area contributed by atoms with Gasteiger partial charge >= 0.3 is 0 Å². The van der Waals surface area contributed by atoms with Crippen molar-refractivity contribution in [2.45, 2.75) is 178 Å². The Morgan fingerprint density at radius 3 is 0.783 bits per heavy atom. The molecule has 0 spiro atoms. The van der Waals surface area contributed by atoms with Gasteiger partial charge in [-0.1, -0.05) is 6.08 Å². The molecule has 0 amide bonds. The Kier molecular flexibility index (Phi) is 39.3. The molecule has 0 saturated carbocycles. The minimum absolute atomic E-state index is 0.119. The summed E-state index contributed by atoms with van der Waals surface area (Å²) in [7, 11) is 0. The highest BCUT2D eigenvalue weighted by molar-refractivity contribution is 6.50. The van der Waals surface area contributed by atoms with E-state index in [2.05, 4.69) is 6.58 Å². The molecule has 60 heavy (non-hydrogen) atoms. The van der Waals surface area contributed by atoms with Crippen LogP contribution in [0.25, 0.3) is 0 Å². The number of halogens is 23. The molecule has 19 atom stereocenters. The Labute approximate surface area is 474 Å². The number of hydrogen-bond acceptors (Lipinski definition) is 0. The van der Waals surface area contributed by atoms with Crippen molar-refractivity contribution in [3.05, 3.63) is 12.7 Å². The quantitative estimate of drug-likeness (QED) is 0.0445. The van der Waals surface area contributed by atoms with Crippen LogP contribution >= 0.6 is 267 Å². The van der Waals surface area contributed by atoms with Crippen molar-refractivity contribution < 1.29 is 0 Å². The molecule has 0 aliphatic heterocycles. The molecule has 0 rings (SSSR count). The van der Waals surface area contributed by atoms with Crippen LogP contribution in [0.15, 0.2) is 12.7 Å². The third kappa shape index (κ3) is 27.9. The number of rotatable bonds is 34. The minimum atomic E-state index is -0.872. The van der Waals surface area contributed by atoms with E-state index in [1.807, 2.05) is 0 Å². The van der Waals surface area contributed by atoms with E-state index in [1.54, 1.807) is 13.0 Å². The number of hydrogen-bond donors (Lipinski definition) is 0. The fraction of sp³-hybridized carbons (Fsp3) is 0.946.